The van der Waals surface area contributed by atoms with Crippen LogP contribution in [-0.2, 0) is 0 Å². The van der Waals surface area contributed by atoms with Gasteiger partial charge in [-0.15, -0.1) is 0 Å². The number of aromatic nitrogens is 4. The maximum Gasteiger partial charge on any atom is 0.282 e. The van der Waals surface area contributed by atoms with E-state index in [9.17, 15) is 4.79 Å². The number of rotatable bonds is 5. The molecule has 0 bridgehead atoms. The van der Waals surface area contributed by atoms with Crippen LogP contribution in [0.15, 0.2) is 116 Å². The number of benzene rings is 3. The summed E-state index contributed by atoms with van der Waals surface area (Å²) in [5.74, 6) is 0.974. The number of furan rings is 1. The Morgan fingerprint density at radius 1 is 0.853 bits per heavy atom. The van der Waals surface area contributed by atoms with Crippen molar-refractivity contribution in [1.29, 1.82) is 0 Å². The number of para-hydroxylation sites is 3. The summed E-state index contributed by atoms with van der Waals surface area (Å²) in [6, 6.07) is 28.3. The molecule has 0 aliphatic heterocycles. The van der Waals surface area contributed by atoms with E-state index in [1.54, 1.807) is 12.1 Å². The van der Waals surface area contributed by atoms with Crippen LogP contribution >= 0.6 is 11.8 Å². The van der Waals surface area contributed by atoms with Crippen LogP contribution < -0.4 is 5.56 Å². The molecule has 0 spiro atoms. The fourth-order valence-corrected chi connectivity index (χ4v) is 4.42. The van der Waals surface area contributed by atoms with E-state index >= 15 is 0 Å². The average molecular weight is 464 g/mol. The summed E-state index contributed by atoms with van der Waals surface area (Å²) in [4.78, 5) is 25.8. The summed E-state index contributed by atoms with van der Waals surface area (Å²) < 4.78 is 7.21. The van der Waals surface area contributed by atoms with Crippen molar-refractivity contribution in [2.75, 3.05) is 0 Å². The predicted molar refractivity (Wildman–Crippen MR) is 133 cm³/mol. The SMILES string of the molecule is O=c1c2ccccc2nc(-c2ccccc2)n1N=Cc1ccc(Sc2nc3ccccc3[nH]2)o1. The first-order chi connectivity index (χ1) is 16.7. The maximum absolute atomic E-state index is 13.2. The molecule has 0 amide bonds. The smallest absolute Gasteiger partial charge is 0.282 e. The van der Waals surface area contributed by atoms with Crippen molar-refractivity contribution >= 4 is 39.9 Å². The zero-order valence-corrected chi connectivity index (χ0v) is 18.6. The van der Waals surface area contributed by atoms with Crippen LogP contribution in [0.3, 0.4) is 0 Å². The molecule has 0 atom stereocenters. The van der Waals surface area contributed by atoms with E-state index in [-0.39, 0.29) is 5.56 Å². The van der Waals surface area contributed by atoms with Gasteiger partial charge >= 0.3 is 0 Å². The zero-order chi connectivity index (χ0) is 22.9. The molecule has 0 unspecified atom stereocenters. The molecule has 164 valence electrons. The lowest BCUT2D eigenvalue weighted by atomic mass is 10.2. The average Bonchev–Trinajstić information content (AvgIpc) is 3.50. The Hall–Kier alpha value is -4.43. The highest BCUT2D eigenvalue weighted by atomic mass is 32.2. The van der Waals surface area contributed by atoms with Crippen molar-refractivity contribution in [2.24, 2.45) is 5.10 Å². The molecule has 7 nitrogen and oxygen atoms in total. The highest BCUT2D eigenvalue weighted by Gasteiger charge is 2.12. The Kier molecular flexibility index (Phi) is 5.04. The van der Waals surface area contributed by atoms with Crippen LogP contribution in [0.5, 0.6) is 0 Å². The van der Waals surface area contributed by atoms with Crippen LogP contribution in [0.2, 0.25) is 0 Å². The Morgan fingerprint density at radius 2 is 1.62 bits per heavy atom. The molecule has 0 aliphatic rings. The Bertz CT molecular complexity index is 1680. The number of aromatic amines is 1. The third kappa shape index (κ3) is 3.80. The van der Waals surface area contributed by atoms with Gasteiger partial charge < -0.3 is 9.40 Å². The Balaban J connectivity index is 1.35. The minimum atomic E-state index is -0.246. The first kappa shape index (κ1) is 20.2. The zero-order valence-electron chi connectivity index (χ0n) is 17.8. The molecule has 0 saturated carbocycles. The topological polar surface area (TPSA) is 89.1 Å². The van der Waals surface area contributed by atoms with Crippen molar-refractivity contribution < 1.29 is 4.42 Å². The molecule has 8 heteroatoms. The first-order valence-electron chi connectivity index (χ1n) is 10.6. The molecule has 34 heavy (non-hydrogen) atoms. The first-order valence-corrected chi connectivity index (χ1v) is 11.4. The summed E-state index contributed by atoms with van der Waals surface area (Å²) in [6.07, 6.45) is 1.52. The van der Waals surface area contributed by atoms with Crippen molar-refractivity contribution in [3.05, 3.63) is 107 Å². The van der Waals surface area contributed by atoms with Gasteiger partial charge in [-0.3, -0.25) is 4.79 Å². The fourth-order valence-electron chi connectivity index (χ4n) is 3.65. The Labute approximate surface area is 197 Å². The van der Waals surface area contributed by atoms with Gasteiger partial charge in [0.05, 0.1) is 28.2 Å². The predicted octanol–water partition coefficient (Wildman–Crippen LogP) is 5.57. The fraction of sp³-hybridized carbons (Fsp3) is 0. The van der Waals surface area contributed by atoms with Gasteiger partial charge in [0, 0.05) is 5.56 Å². The molecule has 6 aromatic rings. The summed E-state index contributed by atoms with van der Waals surface area (Å²) in [5.41, 5.74) is 3.04. The van der Waals surface area contributed by atoms with Gasteiger partial charge in [-0.25, -0.2) is 9.97 Å². The number of nitrogens with zero attached hydrogens (tertiary/aromatic N) is 4. The van der Waals surface area contributed by atoms with Gasteiger partial charge in [0.1, 0.15) is 5.76 Å². The molecule has 3 aromatic heterocycles. The van der Waals surface area contributed by atoms with Crippen molar-refractivity contribution in [3.63, 3.8) is 0 Å². The number of hydrogen-bond donors (Lipinski definition) is 1. The molecule has 3 aromatic carbocycles. The summed E-state index contributed by atoms with van der Waals surface area (Å²) in [7, 11) is 0. The molecule has 0 saturated heterocycles. The number of H-pyrrole nitrogens is 1. The number of nitrogens with one attached hydrogen (secondary N) is 1. The third-order valence-corrected chi connectivity index (χ3v) is 6.06. The second kappa shape index (κ2) is 8.49. The van der Waals surface area contributed by atoms with Gasteiger partial charge in [0.25, 0.3) is 5.56 Å². The second-order valence-electron chi connectivity index (χ2n) is 7.50. The highest BCUT2D eigenvalue weighted by molar-refractivity contribution is 7.99. The normalized spacial score (nSPS) is 11.6. The lowest BCUT2D eigenvalue weighted by Gasteiger charge is -2.09. The van der Waals surface area contributed by atoms with E-state index < -0.39 is 0 Å². The largest absolute Gasteiger partial charge is 0.448 e. The second-order valence-corrected chi connectivity index (χ2v) is 8.49. The molecular formula is C26H17N5O2S. The molecule has 0 radical (unpaired) electrons. The van der Waals surface area contributed by atoms with Crippen molar-refractivity contribution in [2.45, 2.75) is 10.2 Å². The van der Waals surface area contributed by atoms with E-state index in [2.05, 4.69) is 15.1 Å². The van der Waals surface area contributed by atoms with E-state index in [0.717, 1.165) is 21.8 Å². The van der Waals surface area contributed by atoms with Gasteiger partial charge in [-0.2, -0.15) is 9.78 Å². The van der Waals surface area contributed by atoms with Gasteiger partial charge in [0.2, 0.25) is 0 Å². The van der Waals surface area contributed by atoms with E-state index in [1.807, 2.05) is 78.9 Å². The van der Waals surface area contributed by atoms with E-state index in [0.29, 0.717) is 27.6 Å². The van der Waals surface area contributed by atoms with Gasteiger partial charge in [0.15, 0.2) is 16.1 Å². The minimum absolute atomic E-state index is 0.246. The molecule has 1 N–H and O–H groups in total. The molecule has 0 fully saturated rings. The van der Waals surface area contributed by atoms with Gasteiger partial charge in [-0.05, 0) is 48.2 Å². The molecule has 3 heterocycles. The maximum atomic E-state index is 13.2. The van der Waals surface area contributed by atoms with Crippen LogP contribution in [0.25, 0.3) is 33.3 Å². The third-order valence-electron chi connectivity index (χ3n) is 5.25. The highest BCUT2D eigenvalue weighted by Crippen LogP contribution is 2.28. The van der Waals surface area contributed by atoms with Crippen molar-refractivity contribution in [1.82, 2.24) is 19.6 Å². The number of fused-ring (bicyclic) bond motifs is 2. The quantitative estimate of drug-likeness (QED) is 0.338. The molecule has 6 rings (SSSR count). The van der Waals surface area contributed by atoms with E-state index in [1.165, 1.54) is 22.7 Å². The van der Waals surface area contributed by atoms with Crippen molar-refractivity contribution in [3.8, 4) is 11.4 Å². The van der Waals surface area contributed by atoms with Crippen LogP contribution in [0, 0.1) is 0 Å². The van der Waals surface area contributed by atoms with Crippen LogP contribution in [-0.4, -0.2) is 25.8 Å². The monoisotopic (exact) mass is 463 g/mol. The summed E-state index contributed by atoms with van der Waals surface area (Å²) in [6.45, 7) is 0. The lowest BCUT2D eigenvalue weighted by molar-refractivity contribution is 0.468. The number of hydrogen-bond acceptors (Lipinski definition) is 6. The van der Waals surface area contributed by atoms with E-state index in [4.69, 9.17) is 9.40 Å². The van der Waals surface area contributed by atoms with Gasteiger partial charge in [-0.1, -0.05) is 54.6 Å². The minimum Gasteiger partial charge on any atom is -0.448 e. The lowest BCUT2D eigenvalue weighted by Crippen LogP contribution is -2.20. The molecular weight excluding hydrogens is 446 g/mol. The Morgan fingerprint density at radius 3 is 2.47 bits per heavy atom. The molecule has 0 aliphatic carbocycles. The van der Waals surface area contributed by atoms with Crippen LogP contribution in [0.1, 0.15) is 5.76 Å². The summed E-state index contributed by atoms with van der Waals surface area (Å²) in [5, 5.41) is 6.34. The summed E-state index contributed by atoms with van der Waals surface area (Å²) >= 11 is 1.39. The standard InChI is InChI=1S/C26H17N5O2S/c32-25-19-10-4-5-11-20(19)28-24(17-8-2-1-3-9-17)31(25)27-16-18-14-15-23(33-18)34-26-29-21-12-6-7-13-22(21)30-26/h1-16H,(H,29,30). The number of imidazole rings is 1. The van der Waals surface area contributed by atoms with Crippen LogP contribution in [0.4, 0.5) is 0 Å².